The SMILES string of the molecule is N#CC(C#N)=C1C(c2ccc(C#N)c(C#N)c2)=C(C#N)c2c(F)c3c(c(F)c21)C(C#N)=C(c1ccc(C#N)c(C#N)c1)C3=C(C#N)C#N. The van der Waals surface area contributed by atoms with E-state index in [0.717, 1.165) is 12.1 Å². The van der Waals surface area contributed by atoms with Crippen LogP contribution in [0.25, 0.3) is 33.4 Å². The van der Waals surface area contributed by atoms with Gasteiger partial charge in [-0.1, -0.05) is 12.1 Å². The van der Waals surface area contributed by atoms with Crippen molar-refractivity contribution in [1.29, 1.82) is 52.6 Å². The first-order valence-electron chi connectivity index (χ1n) is 13.1. The van der Waals surface area contributed by atoms with E-state index < -0.39 is 67.3 Å². The fraction of sp³-hybridized carbons (Fsp3) is 0. The molecule has 0 saturated heterocycles. The Labute approximate surface area is 270 Å². The van der Waals surface area contributed by atoms with Gasteiger partial charge in [-0.3, -0.25) is 0 Å². The smallest absolute Gasteiger partial charge is 0.141 e. The molecule has 2 aliphatic carbocycles. The van der Waals surface area contributed by atoms with Crippen molar-refractivity contribution in [2.24, 2.45) is 0 Å². The van der Waals surface area contributed by atoms with Crippen LogP contribution in [0.15, 0.2) is 47.5 Å². The van der Waals surface area contributed by atoms with Gasteiger partial charge in [0.15, 0.2) is 0 Å². The van der Waals surface area contributed by atoms with Crippen LogP contribution in [0.4, 0.5) is 8.78 Å². The Kier molecular flexibility index (Phi) is 7.59. The van der Waals surface area contributed by atoms with E-state index in [-0.39, 0.29) is 44.5 Å². The lowest BCUT2D eigenvalue weighted by atomic mass is 9.88. The second kappa shape index (κ2) is 11.8. The van der Waals surface area contributed by atoms with Gasteiger partial charge >= 0.3 is 0 Å². The van der Waals surface area contributed by atoms with Crippen molar-refractivity contribution in [1.82, 2.24) is 0 Å². The maximum atomic E-state index is 17.1. The van der Waals surface area contributed by atoms with E-state index in [1.807, 2.05) is 12.1 Å². The molecular formula is C36H6F2N10. The molecular weight excluding hydrogens is 610 g/mol. The molecule has 0 unspecified atom stereocenters. The van der Waals surface area contributed by atoms with Crippen molar-refractivity contribution >= 4 is 33.4 Å². The average molecular weight is 617 g/mol. The third-order valence-electron chi connectivity index (χ3n) is 7.65. The van der Waals surface area contributed by atoms with E-state index >= 15 is 8.78 Å². The average Bonchev–Trinajstić information content (AvgIpc) is 3.65. The molecule has 0 aliphatic heterocycles. The van der Waals surface area contributed by atoms with Crippen LogP contribution in [0, 0.1) is 125 Å². The second-order valence-electron chi connectivity index (χ2n) is 9.77. The molecule has 48 heavy (non-hydrogen) atoms. The molecule has 12 heteroatoms. The summed E-state index contributed by atoms with van der Waals surface area (Å²) in [6, 6.07) is 24.5. The zero-order valence-electron chi connectivity index (χ0n) is 23.7. The fourth-order valence-electron chi connectivity index (χ4n) is 5.73. The van der Waals surface area contributed by atoms with Crippen molar-refractivity contribution < 1.29 is 8.78 Å². The van der Waals surface area contributed by atoms with E-state index in [9.17, 15) is 52.6 Å². The maximum absolute atomic E-state index is 17.1. The highest BCUT2D eigenvalue weighted by atomic mass is 19.1. The van der Waals surface area contributed by atoms with Crippen LogP contribution in [0.3, 0.4) is 0 Å². The van der Waals surface area contributed by atoms with Crippen LogP contribution < -0.4 is 0 Å². The molecule has 10 nitrogen and oxygen atoms in total. The summed E-state index contributed by atoms with van der Waals surface area (Å²) in [7, 11) is 0. The number of fused-ring (bicyclic) bond motifs is 2. The number of nitriles is 10. The van der Waals surface area contributed by atoms with E-state index in [1.54, 1.807) is 48.6 Å². The molecule has 0 spiro atoms. The number of rotatable bonds is 2. The van der Waals surface area contributed by atoms with Gasteiger partial charge in [0, 0.05) is 44.5 Å². The van der Waals surface area contributed by atoms with E-state index in [4.69, 9.17) is 0 Å². The van der Waals surface area contributed by atoms with Crippen molar-refractivity contribution in [3.63, 3.8) is 0 Å². The monoisotopic (exact) mass is 616 g/mol. The first-order valence-corrected chi connectivity index (χ1v) is 13.1. The van der Waals surface area contributed by atoms with Gasteiger partial charge in [-0.25, -0.2) is 8.78 Å². The Balaban J connectivity index is 2.02. The van der Waals surface area contributed by atoms with Gasteiger partial charge in [0.2, 0.25) is 0 Å². The zero-order valence-corrected chi connectivity index (χ0v) is 23.7. The third kappa shape index (κ3) is 4.14. The van der Waals surface area contributed by atoms with Crippen molar-refractivity contribution in [2.75, 3.05) is 0 Å². The quantitative estimate of drug-likeness (QED) is 0.306. The predicted molar refractivity (Wildman–Crippen MR) is 159 cm³/mol. The van der Waals surface area contributed by atoms with Gasteiger partial charge < -0.3 is 0 Å². The highest BCUT2D eigenvalue weighted by Gasteiger charge is 2.44. The van der Waals surface area contributed by atoms with Crippen molar-refractivity contribution in [3.8, 4) is 60.7 Å². The molecule has 5 rings (SSSR count). The first kappa shape index (κ1) is 30.8. The summed E-state index contributed by atoms with van der Waals surface area (Å²) in [6.07, 6.45) is 0. The highest BCUT2D eigenvalue weighted by Crippen LogP contribution is 2.57. The summed E-state index contributed by atoms with van der Waals surface area (Å²) in [6.45, 7) is 0. The van der Waals surface area contributed by atoms with Gasteiger partial charge in [0.05, 0.1) is 33.4 Å². The van der Waals surface area contributed by atoms with Crippen LogP contribution in [-0.2, 0) is 0 Å². The molecule has 214 valence electrons. The molecule has 0 saturated carbocycles. The molecule has 0 amide bonds. The Bertz CT molecular complexity index is 2470. The predicted octanol–water partition coefficient (Wildman–Crippen LogP) is 5.95. The number of nitrogens with zero attached hydrogens (tertiary/aromatic N) is 10. The van der Waals surface area contributed by atoms with E-state index in [0.29, 0.717) is 0 Å². The lowest BCUT2D eigenvalue weighted by Crippen LogP contribution is -2.05. The normalized spacial score (nSPS) is 11.9. The van der Waals surface area contributed by atoms with Crippen LogP contribution in [-0.4, -0.2) is 0 Å². The molecule has 0 N–H and O–H groups in total. The van der Waals surface area contributed by atoms with Crippen LogP contribution in [0.5, 0.6) is 0 Å². The van der Waals surface area contributed by atoms with Gasteiger partial charge in [-0.05, 0) is 35.4 Å². The minimum Gasteiger partial charge on any atom is -0.206 e. The molecule has 0 fully saturated rings. The Morgan fingerprint density at radius 1 is 0.417 bits per heavy atom. The molecule has 0 heterocycles. The van der Waals surface area contributed by atoms with Gasteiger partial charge in [-0.2, -0.15) is 52.6 Å². The number of halogens is 2. The lowest BCUT2D eigenvalue weighted by molar-refractivity contribution is 0.590. The molecule has 3 aromatic carbocycles. The topological polar surface area (TPSA) is 238 Å². The zero-order chi connectivity index (χ0) is 34.9. The lowest BCUT2D eigenvalue weighted by Gasteiger charge is -2.14. The summed E-state index contributed by atoms with van der Waals surface area (Å²) in [4.78, 5) is 0. The molecule has 0 atom stereocenters. The third-order valence-corrected chi connectivity index (χ3v) is 7.65. The summed E-state index contributed by atoms with van der Waals surface area (Å²) < 4.78 is 34.2. The largest absolute Gasteiger partial charge is 0.206 e. The van der Waals surface area contributed by atoms with E-state index in [2.05, 4.69) is 0 Å². The fourth-order valence-corrected chi connectivity index (χ4v) is 5.73. The molecule has 0 aromatic heterocycles. The number of allylic oxidation sites excluding steroid dienone is 8. The molecule has 2 aliphatic rings. The van der Waals surface area contributed by atoms with Crippen LogP contribution >= 0.6 is 0 Å². The second-order valence-corrected chi connectivity index (χ2v) is 9.77. The number of hydrogen-bond donors (Lipinski definition) is 0. The van der Waals surface area contributed by atoms with Crippen molar-refractivity contribution in [2.45, 2.75) is 0 Å². The number of hydrogen-bond acceptors (Lipinski definition) is 10. The summed E-state index contributed by atoms with van der Waals surface area (Å²) in [5.74, 6) is -2.74. The number of benzene rings is 3. The highest BCUT2D eigenvalue weighted by molar-refractivity contribution is 6.30. The summed E-state index contributed by atoms with van der Waals surface area (Å²) in [5, 5.41) is 98.2. The van der Waals surface area contributed by atoms with E-state index in [1.165, 1.54) is 24.3 Å². The Hall–Kier alpha value is -8.62. The minimum absolute atomic E-state index is 0.0425. The van der Waals surface area contributed by atoms with Gasteiger partial charge in [0.25, 0.3) is 0 Å². The Morgan fingerprint density at radius 3 is 1.02 bits per heavy atom. The molecule has 0 bridgehead atoms. The van der Waals surface area contributed by atoms with Crippen molar-refractivity contribution in [3.05, 3.63) is 115 Å². The van der Waals surface area contributed by atoms with Crippen LogP contribution in [0.1, 0.15) is 55.6 Å². The van der Waals surface area contributed by atoms with Gasteiger partial charge in [0.1, 0.15) is 83.5 Å². The summed E-state index contributed by atoms with van der Waals surface area (Å²) >= 11 is 0. The molecule has 0 radical (unpaired) electrons. The van der Waals surface area contributed by atoms with Gasteiger partial charge in [-0.15, -0.1) is 0 Å². The first-order chi connectivity index (χ1) is 23.2. The maximum Gasteiger partial charge on any atom is 0.141 e. The Morgan fingerprint density at radius 2 is 0.750 bits per heavy atom. The van der Waals surface area contributed by atoms with Crippen LogP contribution in [0.2, 0.25) is 0 Å². The standard InChI is InChI=1S/C36H6F2N10/c37-35-31-25(15-47)27(17-1-3-19(7-39)21(5-17)9-41)29(23(11-43)12-44)33(31)36(38)32-26(16-48)28(30(34(32)35)24(13-45)14-46)18-2-4-20(8-40)22(6-18)10-42/h1-6H. The summed E-state index contributed by atoms with van der Waals surface area (Å²) in [5.41, 5.74) is -7.87. The minimum atomic E-state index is -1.37. The molecule has 3 aromatic rings.